The van der Waals surface area contributed by atoms with Crippen molar-refractivity contribution in [1.82, 2.24) is 0 Å². The summed E-state index contributed by atoms with van der Waals surface area (Å²) in [5.41, 5.74) is 1.89. The summed E-state index contributed by atoms with van der Waals surface area (Å²) in [7, 11) is 0. The minimum atomic E-state index is -0.716. The van der Waals surface area contributed by atoms with Crippen LogP contribution in [-0.4, -0.2) is 18.3 Å². The van der Waals surface area contributed by atoms with E-state index in [0.717, 1.165) is 17.0 Å². The first-order chi connectivity index (χ1) is 7.60. The number of aliphatic imine (C=N–C) groups is 1. The van der Waals surface area contributed by atoms with E-state index in [4.69, 9.17) is 4.74 Å². The number of benzene rings is 1. The molecule has 1 aliphatic heterocycles. The van der Waals surface area contributed by atoms with Crippen molar-refractivity contribution in [2.75, 3.05) is 6.61 Å². The van der Waals surface area contributed by atoms with Gasteiger partial charge in [0.05, 0.1) is 12.3 Å². The minimum absolute atomic E-state index is 0.221. The summed E-state index contributed by atoms with van der Waals surface area (Å²) >= 11 is 0. The van der Waals surface area contributed by atoms with Gasteiger partial charge in [-0.25, -0.2) is 0 Å². The Bertz CT molecular complexity index is 465. The Hall–Kier alpha value is -1.64. The van der Waals surface area contributed by atoms with Gasteiger partial charge in [-0.1, -0.05) is 18.2 Å². The lowest BCUT2D eigenvalue weighted by Gasteiger charge is -2.23. The molecule has 3 nitrogen and oxygen atoms in total. The Morgan fingerprint density at radius 3 is 2.81 bits per heavy atom. The maximum atomic E-state index is 12.0. The molecule has 0 fully saturated rings. The van der Waals surface area contributed by atoms with E-state index < -0.39 is 5.41 Å². The van der Waals surface area contributed by atoms with Gasteiger partial charge in [0.25, 0.3) is 0 Å². The number of carbonyl (C=O) groups is 1. The van der Waals surface area contributed by atoms with Crippen molar-refractivity contribution in [3.8, 4) is 0 Å². The molecule has 1 atom stereocenters. The SMILES string of the molecule is CCOC(=O)[C@]1(C)C(C)=Nc2ccccc21. The summed E-state index contributed by atoms with van der Waals surface area (Å²) in [6.07, 6.45) is 0. The van der Waals surface area contributed by atoms with E-state index >= 15 is 0 Å². The second kappa shape index (κ2) is 3.74. The highest BCUT2D eigenvalue weighted by atomic mass is 16.5. The zero-order chi connectivity index (χ0) is 11.8. The minimum Gasteiger partial charge on any atom is -0.465 e. The van der Waals surface area contributed by atoms with Crippen molar-refractivity contribution >= 4 is 17.4 Å². The van der Waals surface area contributed by atoms with Crippen molar-refractivity contribution in [2.45, 2.75) is 26.2 Å². The van der Waals surface area contributed by atoms with Gasteiger partial charge in [0, 0.05) is 11.3 Å². The van der Waals surface area contributed by atoms with Crippen LogP contribution in [0.4, 0.5) is 5.69 Å². The molecule has 0 radical (unpaired) electrons. The standard InChI is InChI=1S/C13H15NO2/c1-4-16-12(15)13(3)9(2)14-11-8-6-5-7-10(11)13/h5-8H,4H2,1-3H3/t13-/m1/s1. The number of rotatable bonds is 2. The van der Waals surface area contributed by atoms with Crippen molar-refractivity contribution in [1.29, 1.82) is 0 Å². The molecule has 0 saturated carbocycles. The average Bonchev–Trinajstić information content (AvgIpc) is 2.53. The highest BCUT2D eigenvalue weighted by Crippen LogP contribution is 2.40. The number of fused-ring (bicyclic) bond motifs is 1. The summed E-state index contributed by atoms with van der Waals surface area (Å²) in [6, 6.07) is 7.70. The number of esters is 1. The molecule has 0 unspecified atom stereocenters. The van der Waals surface area contributed by atoms with Crippen molar-refractivity contribution < 1.29 is 9.53 Å². The molecule has 0 N–H and O–H groups in total. The molecule has 3 heteroatoms. The van der Waals surface area contributed by atoms with Crippen LogP contribution < -0.4 is 0 Å². The first-order valence-electron chi connectivity index (χ1n) is 5.43. The molecule has 2 rings (SSSR count). The number of carbonyl (C=O) groups excluding carboxylic acids is 1. The third-order valence-corrected chi connectivity index (χ3v) is 3.14. The molecule has 84 valence electrons. The normalized spacial score (nSPS) is 22.6. The van der Waals surface area contributed by atoms with Gasteiger partial charge in [-0.15, -0.1) is 0 Å². The Balaban J connectivity index is 2.50. The summed E-state index contributed by atoms with van der Waals surface area (Å²) < 4.78 is 5.14. The van der Waals surface area contributed by atoms with Crippen molar-refractivity contribution in [3.63, 3.8) is 0 Å². The smallest absolute Gasteiger partial charge is 0.322 e. The quantitative estimate of drug-likeness (QED) is 0.714. The lowest BCUT2D eigenvalue weighted by molar-refractivity contribution is -0.146. The third-order valence-electron chi connectivity index (χ3n) is 3.14. The van der Waals surface area contributed by atoms with E-state index in [2.05, 4.69) is 4.99 Å². The predicted octanol–water partition coefficient (Wildman–Crippen LogP) is 2.61. The molecule has 0 bridgehead atoms. The Kier molecular flexibility index (Phi) is 2.54. The van der Waals surface area contributed by atoms with E-state index in [1.54, 1.807) is 0 Å². The van der Waals surface area contributed by atoms with Crippen LogP contribution in [0.2, 0.25) is 0 Å². The van der Waals surface area contributed by atoms with Gasteiger partial charge in [-0.2, -0.15) is 0 Å². The number of hydrogen-bond donors (Lipinski definition) is 0. The maximum absolute atomic E-state index is 12.0. The Morgan fingerprint density at radius 1 is 1.44 bits per heavy atom. The molecule has 0 aromatic heterocycles. The summed E-state index contributed by atoms with van der Waals surface area (Å²) in [6.45, 7) is 5.95. The van der Waals surface area contributed by atoms with E-state index in [-0.39, 0.29) is 5.97 Å². The second-order valence-corrected chi connectivity index (χ2v) is 4.06. The highest BCUT2D eigenvalue weighted by Gasteiger charge is 2.44. The topological polar surface area (TPSA) is 38.7 Å². The molecule has 1 aliphatic rings. The van der Waals surface area contributed by atoms with Crippen LogP contribution in [0.3, 0.4) is 0 Å². The zero-order valence-electron chi connectivity index (χ0n) is 9.78. The van der Waals surface area contributed by atoms with Crippen LogP contribution >= 0.6 is 0 Å². The predicted molar refractivity (Wildman–Crippen MR) is 63.2 cm³/mol. The Labute approximate surface area is 95.2 Å². The fraction of sp³-hybridized carbons (Fsp3) is 0.385. The molecule has 0 amide bonds. The fourth-order valence-electron chi connectivity index (χ4n) is 2.01. The number of ether oxygens (including phenoxy) is 1. The second-order valence-electron chi connectivity index (χ2n) is 4.06. The van der Waals surface area contributed by atoms with E-state index in [1.165, 1.54) is 0 Å². The van der Waals surface area contributed by atoms with Gasteiger partial charge in [0.2, 0.25) is 0 Å². The maximum Gasteiger partial charge on any atom is 0.322 e. The lowest BCUT2D eigenvalue weighted by Crippen LogP contribution is -2.38. The van der Waals surface area contributed by atoms with Gasteiger partial charge in [-0.05, 0) is 26.8 Å². The average molecular weight is 217 g/mol. The molecular formula is C13H15NO2. The first-order valence-corrected chi connectivity index (χ1v) is 5.43. The summed E-state index contributed by atoms with van der Waals surface area (Å²) in [4.78, 5) is 16.5. The van der Waals surface area contributed by atoms with Gasteiger partial charge in [-0.3, -0.25) is 9.79 Å². The van der Waals surface area contributed by atoms with E-state index in [1.807, 2.05) is 45.0 Å². The fourth-order valence-corrected chi connectivity index (χ4v) is 2.01. The summed E-state index contributed by atoms with van der Waals surface area (Å²) in [5.74, 6) is -0.221. The van der Waals surface area contributed by atoms with Crippen LogP contribution in [0.15, 0.2) is 29.3 Å². The van der Waals surface area contributed by atoms with Gasteiger partial charge >= 0.3 is 5.97 Å². The number of para-hydroxylation sites is 1. The highest BCUT2D eigenvalue weighted by molar-refractivity contribution is 6.15. The van der Waals surface area contributed by atoms with Crippen LogP contribution in [0.1, 0.15) is 26.3 Å². The van der Waals surface area contributed by atoms with Crippen molar-refractivity contribution in [2.24, 2.45) is 4.99 Å². The lowest BCUT2D eigenvalue weighted by atomic mass is 9.80. The molecule has 16 heavy (non-hydrogen) atoms. The molecule has 0 aliphatic carbocycles. The van der Waals surface area contributed by atoms with Gasteiger partial charge < -0.3 is 4.74 Å². The molecule has 1 aromatic carbocycles. The van der Waals surface area contributed by atoms with Crippen LogP contribution in [0.5, 0.6) is 0 Å². The molecule has 0 spiro atoms. The first kappa shape index (κ1) is 10.9. The van der Waals surface area contributed by atoms with E-state index in [9.17, 15) is 4.79 Å². The Morgan fingerprint density at radius 2 is 2.12 bits per heavy atom. The number of hydrogen-bond acceptors (Lipinski definition) is 3. The number of nitrogens with zero attached hydrogens (tertiary/aromatic N) is 1. The van der Waals surface area contributed by atoms with Crippen molar-refractivity contribution in [3.05, 3.63) is 29.8 Å². The van der Waals surface area contributed by atoms with Crippen LogP contribution in [0.25, 0.3) is 0 Å². The monoisotopic (exact) mass is 217 g/mol. The van der Waals surface area contributed by atoms with E-state index in [0.29, 0.717) is 6.61 Å². The van der Waals surface area contributed by atoms with Gasteiger partial charge in [0.1, 0.15) is 5.41 Å². The largest absolute Gasteiger partial charge is 0.465 e. The molecule has 1 aromatic rings. The van der Waals surface area contributed by atoms with Crippen LogP contribution in [-0.2, 0) is 14.9 Å². The summed E-state index contributed by atoms with van der Waals surface area (Å²) in [5, 5.41) is 0. The molecular weight excluding hydrogens is 202 g/mol. The molecule has 1 heterocycles. The van der Waals surface area contributed by atoms with Crippen LogP contribution in [0, 0.1) is 0 Å². The molecule has 0 saturated heterocycles. The van der Waals surface area contributed by atoms with Gasteiger partial charge in [0.15, 0.2) is 0 Å². The zero-order valence-corrected chi connectivity index (χ0v) is 9.78. The third kappa shape index (κ3) is 1.35.